The van der Waals surface area contributed by atoms with Crippen molar-refractivity contribution in [1.82, 2.24) is 0 Å². The summed E-state index contributed by atoms with van der Waals surface area (Å²) in [5, 5.41) is 8.62. The summed E-state index contributed by atoms with van der Waals surface area (Å²) in [5.74, 6) is 0. The van der Waals surface area contributed by atoms with Gasteiger partial charge in [-0.05, 0) is 19.3 Å². The summed E-state index contributed by atoms with van der Waals surface area (Å²) >= 11 is 0. The normalized spacial score (nSPS) is 17.3. The van der Waals surface area contributed by atoms with Crippen molar-refractivity contribution in [3.8, 4) is 0 Å². The fourth-order valence-electron chi connectivity index (χ4n) is 0.589. The van der Waals surface area contributed by atoms with E-state index in [9.17, 15) is 0 Å². The van der Waals surface area contributed by atoms with Crippen LogP contribution in [-0.4, -0.2) is 17.4 Å². The summed E-state index contributed by atoms with van der Waals surface area (Å²) < 4.78 is 0. The highest BCUT2D eigenvalue weighted by molar-refractivity contribution is 4.59. The van der Waals surface area contributed by atoms with Gasteiger partial charge in [-0.25, -0.2) is 0 Å². The molecule has 0 saturated heterocycles. The van der Waals surface area contributed by atoms with Crippen molar-refractivity contribution >= 4 is 0 Å². The molecule has 0 bridgehead atoms. The Kier molecular flexibility index (Phi) is 4.67. The van der Waals surface area contributed by atoms with Crippen LogP contribution in [0.4, 0.5) is 0 Å². The number of aliphatic hydroxyl groups excluding tert-OH is 1. The molecule has 3 heteroatoms. The van der Waals surface area contributed by atoms with Crippen molar-refractivity contribution in [2.75, 3.05) is 0 Å². The number of hydrogen-bond acceptors (Lipinski definition) is 3. The molecule has 0 aromatic heterocycles. The summed E-state index contributed by atoms with van der Waals surface area (Å²) in [6, 6.07) is 0.197. The molecule has 0 aliphatic heterocycles. The first-order valence-corrected chi connectivity index (χ1v) is 3.36. The van der Waals surface area contributed by atoms with Crippen molar-refractivity contribution in [2.24, 2.45) is 11.5 Å². The van der Waals surface area contributed by atoms with E-state index in [-0.39, 0.29) is 6.04 Å². The molecule has 0 fully saturated rings. The number of nitrogens with two attached hydrogens (primary N) is 2. The zero-order valence-electron chi connectivity index (χ0n) is 5.88. The van der Waals surface area contributed by atoms with Gasteiger partial charge in [0.05, 0.1) is 0 Å². The minimum Gasteiger partial charge on any atom is -0.379 e. The Bertz CT molecular complexity index is 66.1. The minimum absolute atomic E-state index is 0.197. The van der Waals surface area contributed by atoms with Crippen LogP contribution in [0.25, 0.3) is 0 Å². The van der Waals surface area contributed by atoms with Crippen LogP contribution >= 0.6 is 0 Å². The largest absolute Gasteiger partial charge is 0.379 e. The van der Waals surface area contributed by atoms with E-state index in [0.29, 0.717) is 6.42 Å². The predicted octanol–water partition coefficient (Wildman–Crippen LogP) is -0.219. The highest BCUT2D eigenvalue weighted by Gasteiger charge is 2.00. The molecule has 5 N–H and O–H groups in total. The molecule has 2 atom stereocenters. The maximum atomic E-state index is 8.62. The molecule has 0 amide bonds. The lowest BCUT2D eigenvalue weighted by Gasteiger charge is -2.08. The molecule has 0 saturated carbocycles. The van der Waals surface area contributed by atoms with Gasteiger partial charge in [-0.1, -0.05) is 6.92 Å². The van der Waals surface area contributed by atoms with Crippen LogP contribution in [0.1, 0.15) is 26.2 Å². The van der Waals surface area contributed by atoms with Crippen molar-refractivity contribution < 1.29 is 5.11 Å². The fraction of sp³-hybridized carbons (Fsp3) is 1.00. The first-order valence-electron chi connectivity index (χ1n) is 3.36. The van der Waals surface area contributed by atoms with Crippen LogP contribution in [0, 0.1) is 0 Å². The van der Waals surface area contributed by atoms with E-state index in [4.69, 9.17) is 16.6 Å². The zero-order chi connectivity index (χ0) is 7.28. The van der Waals surface area contributed by atoms with Crippen LogP contribution in [0.15, 0.2) is 0 Å². The van der Waals surface area contributed by atoms with Gasteiger partial charge in [-0.15, -0.1) is 0 Å². The van der Waals surface area contributed by atoms with Gasteiger partial charge in [0, 0.05) is 6.04 Å². The van der Waals surface area contributed by atoms with E-state index >= 15 is 0 Å². The average Bonchev–Trinajstić information content (AvgIpc) is 1.83. The monoisotopic (exact) mass is 132 g/mol. The standard InChI is InChI=1S/C6H16N2O/c1-2-5(7)3-4-6(8)9/h5-6,9H,2-4,7-8H2,1H3. The van der Waals surface area contributed by atoms with E-state index in [1.165, 1.54) is 0 Å². The lowest BCUT2D eigenvalue weighted by molar-refractivity contribution is 0.166. The first-order chi connectivity index (χ1) is 4.16. The Morgan fingerprint density at radius 2 is 1.89 bits per heavy atom. The number of hydrogen-bond donors (Lipinski definition) is 3. The molecule has 0 heterocycles. The second-order valence-electron chi connectivity index (χ2n) is 2.31. The maximum Gasteiger partial charge on any atom is 0.102 e. The topological polar surface area (TPSA) is 72.3 Å². The molecule has 0 aromatic carbocycles. The Morgan fingerprint density at radius 1 is 1.33 bits per heavy atom. The lowest BCUT2D eigenvalue weighted by Crippen LogP contribution is -2.25. The average molecular weight is 132 g/mol. The Hall–Kier alpha value is -0.120. The molecular weight excluding hydrogens is 116 g/mol. The van der Waals surface area contributed by atoms with Gasteiger partial charge in [0.15, 0.2) is 0 Å². The minimum atomic E-state index is -0.692. The molecule has 0 radical (unpaired) electrons. The molecule has 56 valence electrons. The van der Waals surface area contributed by atoms with Gasteiger partial charge in [0.25, 0.3) is 0 Å². The van der Waals surface area contributed by atoms with Crippen molar-refractivity contribution in [3.63, 3.8) is 0 Å². The Labute approximate surface area is 56.0 Å². The molecule has 0 aliphatic rings. The van der Waals surface area contributed by atoms with Gasteiger partial charge < -0.3 is 16.6 Å². The molecule has 2 unspecified atom stereocenters. The van der Waals surface area contributed by atoms with E-state index < -0.39 is 6.23 Å². The van der Waals surface area contributed by atoms with Crippen molar-refractivity contribution in [1.29, 1.82) is 0 Å². The summed E-state index contributed by atoms with van der Waals surface area (Å²) in [5.41, 5.74) is 10.6. The molecule has 3 nitrogen and oxygen atoms in total. The van der Waals surface area contributed by atoms with Crippen LogP contribution in [0.2, 0.25) is 0 Å². The van der Waals surface area contributed by atoms with Gasteiger partial charge in [0.1, 0.15) is 6.23 Å². The molecular formula is C6H16N2O. The SMILES string of the molecule is CCC(N)CCC(N)O. The number of aliphatic hydroxyl groups is 1. The number of rotatable bonds is 4. The van der Waals surface area contributed by atoms with Crippen molar-refractivity contribution in [3.05, 3.63) is 0 Å². The van der Waals surface area contributed by atoms with Gasteiger partial charge in [0.2, 0.25) is 0 Å². The summed E-state index contributed by atoms with van der Waals surface area (Å²) in [7, 11) is 0. The molecule has 0 rings (SSSR count). The van der Waals surface area contributed by atoms with Gasteiger partial charge in [-0.3, -0.25) is 0 Å². The van der Waals surface area contributed by atoms with Gasteiger partial charge >= 0.3 is 0 Å². The zero-order valence-corrected chi connectivity index (χ0v) is 5.88. The highest BCUT2D eigenvalue weighted by atomic mass is 16.3. The third-order valence-electron chi connectivity index (χ3n) is 1.36. The smallest absolute Gasteiger partial charge is 0.102 e. The molecule has 0 spiro atoms. The summed E-state index contributed by atoms with van der Waals surface area (Å²) in [6.07, 6.45) is 1.68. The van der Waals surface area contributed by atoms with Crippen LogP contribution in [0.3, 0.4) is 0 Å². The fourth-order valence-corrected chi connectivity index (χ4v) is 0.589. The van der Waals surface area contributed by atoms with Crippen LogP contribution in [-0.2, 0) is 0 Å². The summed E-state index contributed by atoms with van der Waals surface area (Å²) in [4.78, 5) is 0. The first kappa shape index (κ1) is 8.88. The third-order valence-corrected chi connectivity index (χ3v) is 1.36. The Morgan fingerprint density at radius 3 is 2.22 bits per heavy atom. The van der Waals surface area contributed by atoms with E-state index in [1.807, 2.05) is 6.92 Å². The van der Waals surface area contributed by atoms with Crippen LogP contribution < -0.4 is 11.5 Å². The quantitative estimate of drug-likeness (QED) is 0.463. The molecule has 0 aromatic rings. The maximum absolute atomic E-state index is 8.62. The van der Waals surface area contributed by atoms with E-state index in [1.54, 1.807) is 0 Å². The van der Waals surface area contributed by atoms with Crippen molar-refractivity contribution in [2.45, 2.75) is 38.5 Å². The molecule has 0 aliphatic carbocycles. The third kappa shape index (κ3) is 5.76. The van der Waals surface area contributed by atoms with E-state index in [2.05, 4.69) is 0 Å². The highest BCUT2D eigenvalue weighted by Crippen LogP contribution is 1.98. The van der Waals surface area contributed by atoms with Crippen LogP contribution in [0.5, 0.6) is 0 Å². The molecule has 9 heavy (non-hydrogen) atoms. The second-order valence-corrected chi connectivity index (χ2v) is 2.31. The lowest BCUT2D eigenvalue weighted by atomic mass is 10.1. The summed E-state index contributed by atoms with van der Waals surface area (Å²) in [6.45, 7) is 2.02. The van der Waals surface area contributed by atoms with Gasteiger partial charge in [-0.2, -0.15) is 0 Å². The predicted molar refractivity (Wildman–Crippen MR) is 37.7 cm³/mol. The van der Waals surface area contributed by atoms with E-state index in [0.717, 1.165) is 12.8 Å². The Balaban J connectivity index is 3.06. The second kappa shape index (κ2) is 4.73.